The van der Waals surface area contributed by atoms with Crippen LogP contribution in [0.2, 0.25) is 0 Å². The van der Waals surface area contributed by atoms with Crippen LogP contribution in [0.1, 0.15) is 43.3 Å². The second-order valence-corrected chi connectivity index (χ2v) is 4.48. The van der Waals surface area contributed by atoms with Crippen LogP contribution in [0.4, 0.5) is 0 Å². The van der Waals surface area contributed by atoms with Crippen LogP contribution in [0.5, 0.6) is 0 Å². The van der Waals surface area contributed by atoms with E-state index in [1.54, 1.807) is 0 Å². The molecule has 0 amide bonds. The predicted octanol–water partition coefficient (Wildman–Crippen LogP) is 2.81. The number of thiazole rings is 1. The van der Waals surface area contributed by atoms with Gasteiger partial charge in [0.25, 0.3) is 0 Å². The Hall–Kier alpha value is -0.410. The molecule has 0 aliphatic heterocycles. The third kappa shape index (κ3) is 3.07. The lowest BCUT2D eigenvalue weighted by atomic mass is 10.1. The Bertz CT molecular complexity index is 258. The minimum atomic E-state index is 0.593. The maximum absolute atomic E-state index is 4.67. The highest BCUT2D eigenvalue weighted by Gasteiger charge is 2.12. The van der Waals surface area contributed by atoms with E-state index in [0.717, 1.165) is 13.0 Å². The van der Waals surface area contributed by atoms with Gasteiger partial charge in [-0.2, -0.15) is 0 Å². The van der Waals surface area contributed by atoms with Crippen LogP contribution in [0.25, 0.3) is 0 Å². The van der Waals surface area contributed by atoms with Gasteiger partial charge in [-0.15, -0.1) is 11.3 Å². The lowest BCUT2D eigenvalue weighted by Gasteiger charge is -2.10. The number of nitrogens with zero attached hydrogens (tertiary/aromatic N) is 1. The highest BCUT2D eigenvalue weighted by Crippen LogP contribution is 2.23. The molecule has 1 aromatic rings. The van der Waals surface area contributed by atoms with Gasteiger partial charge in [0.1, 0.15) is 0 Å². The fourth-order valence-electron chi connectivity index (χ4n) is 1.53. The van der Waals surface area contributed by atoms with Gasteiger partial charge in [0.15, 0.2) is 0 Å². The molecule has 0 aliphatic carbocycles. The molecule has 1 heterocycles. The van der Waals surface area contributed by atoms with Crippen molar-refractivity contribution in [3.05, 3.63) is 16.1 Å². The minimum absolute atomic E-state index is 0.593. The molecule has 1 aromatic heterocycles. The quantitative estimate of drug-likeness (QED) is 0.784. The van der Waals surface area contributed by atoms with E-state index in [0.29, 0.717) is 5.92 Å². The van der Waals surface area contributed by atoms with Gasteiger partial charge in [0.05, 0.1) is 10.7 Å². The molecular formula is C11H20N2S. The summed E-state index contributed by atoms with van der Waals surface area (Å²) in [5.41, 5.74) is 1.27. The molecule has 0 spiro atoms. The second-order valence-electron chi connectivity index (χ2n) is 3.59. The van der Waals surface area contributed by atoms with Crippen LogP contribution in [-0.4, -0.2) is 18.6 Å². The van der Waals surface area contributed by atoms with Crippen LogP contribution in [0, 0.1) is 0 Å². The number of likely N-dealkylation sites (N-methyl/N-ethyl adjacent to an activating group) is 1. The number of aryl methyl sites for hydroxylation is 1. The Morgan fingerprint density at radius 1 is 1.50 bits per heavy atom. The zero-order valence-electron chi connectivity index (χ0n) is 9.34. The molecule has 0 aromatic carbocycles. The van der Waals surface area contributed by atoms with Gasteiger partial charge in [-0.25, -0.2) is 4.98 Å². The summed E-state index contributed by atoms with van der Waals surface area (Å²) in [7, 11) is 2.00. The third-order valence-electron chi connectivity index (χ3n) is 2.37. The summed E-state index contributed by atoms with van der Waals surface area (Å²) in [6.45, 7) is 5.46. The Morgan fingerprint density at radius 2 is 2.29 bits per heavy atom. The van der Waals surface area contributed by atoms with E-state index in [1.165, 1.54) is 23.5 Å². The van der Waals surface area contributed by atoms with Crippen molar-refractivity contribution in [2.45, 2.75) is 39.0 Å². The van der Waals surface area contributed by atoms with Gasteiger partial charge in [0, 0.05) is 17.8 Å². The minimum Gasteiger partial charge on any atom is -0.319 e. The first-order chi connectivity index (χ1) is 6.81. The molecule has 1 atom stereocenters. The Kier molecular flexibility index (Phi) is 5.12. The molecule has 1 unspecified atom stereocenters. The van der Waals surface area contributed by atoms with Crippen molar-refractivity contribution in [2.24, 2.45) is 0 Å². The fraction of sp³-hybridized carbons (Fsp3) is 0.727. The van der Waals surface area contributed by atoms with Gasteiger partial charge < -0.3 is 5.32 Å². The standard InChI is InChI=1S/C11H20N2S/c1-4-6-10-8-14-11(13-10)9(5-2)7-12-3/h8-9,12H,4-7H2,1-3H3. The van der Waals surface area contributed by atoms with E-state index >= 15 is 0 Å². The molecule has 0 saturated carbocycles. The monoisotopic (exact) mass is 212 g/mol. The van der Waals surface area contributed by atoms with Gasteiger partial charge in [-0.05, 0) is 19.9 Å². The zero-order valence-corrected chi connectivity index (χ0v) is 10.2. The number of aromatic nitrogens is 1. The SMILES string of the molecule is CCCc1csc(C(CC)CNC)n1. The van der Waals surface area contributed by atoms with Gasteiger partial charge in [-0.3, -0.25) is 0 Å². The zero-order chi connectivity index (χ0) is 10.4. The molecule has 0 bridgehead atoms. The van der Waals surface area contributed by atoms with Crippen LogP contribution in [0.3, 0.4) is 0 Å². The Labute approximate surface area is 90.8 Å². The van der Waals surface area contributed by atoms with Crippen molar-refractivity contribution < 1.29 is 0 Å². The molecule has 14 heavy (non-hydrogen) atoms. The third-order valence-corrected chi connectivity index (χ3v) is 3.42. The molecule has 1 N–H and O–H groups in total. The molecule has 2 nitrogen and oxygen atoms in total. The van der Waals surface area contributed by atoms with Gasteiger partial charge >= 0.3 is 0 Å². The first-order valence-corrected chi connectivity index (χ1v) is 6.28. The summed E-state index contributed by atoms with van der Waals surface area (Å²) in [6.07, 6.45) is 3.47. The lowest BCUT2D eigenvalue weighted by molar-refractivity contribution is 0.606. The summed E-state index contributed by atoms with van der Waals surface area (Å²) in [4.78, 5) is 4.67. The first-order valence-electron chi connectivity index (χ1n) is 5.40. The number of rotatable bonds is 6. The van der Waals surface area contributed by atoms with E-state index in [9.17, 15) is 0 Å². The molecule has 0 aliphatic rings. The van der Waals surface area contributed by atoms with Gasteiger partial charge in [-0.1, -0.05) is 20.3 Å². The summed E-state index contributed by atoms with van der Waals surface area (Å²) in [5, 5.41) is 6.73. The summed E-state index contributed by atoms with van der Waals surface area (Å²) >= 11 is 1.81. The molecule has 80 valence electrons. The smallest absolute Gasteiger partial charge is 0.0971 e. The first kappa shape index (κ1) is 11.7. The van der Waals surface area contributed by atoms with Crippen molar-refractivity contribution in [1.29, 1.82) is 0 Å². The fourth-order valence-corrected chi connectivity index (χ4v) is 2.57. The molecule has 1 rings (SSSR count). The van der Waals surface area contributed by atoms with E-state index < -0.39 is 0 Å². The second kappa shape index (κ2) is 6.14. The number of hydrogen-bond donors (Lipinski definition) is 1. The Balaban J connectivity index is 2.63. The van der Waals surface area contributed by atoms with Gasteiger partial charge in [0.2, 0.25) is 0 Å². The molecule has 3 heteroatoms. The topological polar surface area (TPSA) is 24.9 Å². The average molecular weight is 212 g/mol. The molecular weight excluding hydrogens is 192 g/mol. The van der Waals surface area contributed by atoms with Crippen molar-refractivity contribution in [3.63, 3.8) is 0 Å². The molecule has 0 saturated heterocycles. The molecule has 0 radical (unpaired) electrons. The lowest BCUT2D eigenvalue weighted by Crippen LogP contribution is -2.16. The van der Waals surface area contributed by atoms with Crippen molar-refractivity contribution in [1.82, 2.24) is 10.3 Å². The van der Waals surface area contributed by atoms with E-state index in [2.05, 4.69) is 29.5 Å². The largest absolute Gasteiger partial charge is 0.319 e. The van der Waals surface area contributed by atoms with Crippen LogP contribution < -0.4 is 5.32 Å². The predicted molar refractivity (Wildman–Crippen MR) is 63.1 cm³/mol. The maximum atomic E-state index is 4.67. The number of hydrogen-bond acceptors (Lipinski definition) is 3. The summed E-state index contributed by atoms with van der Waals surface area (Å²) < 4.78 is 0. The van der Waals surface area contributed by atoms with Crippen LogP contribution >= 0.6 is 11.3 Å². The summed E-state index contributed by atoms with van der Waals surface area (Å²) in [6, 6.07) is 0. The highest BCUT2D eigenvalue weighted by atomic mass is 32.1. The van der Waals surface area contributed by atoms with Crippen LogP contribution in [0.15, 0.2) is 5.38 Å². The Morgan fingerprint density at radius 3 is 2.86 bits per heavy atom. The van der Waals surface area contributed by atoms with Crippen LogP contribution in [-0.2, 0) is 6.42 Å². The molecule has 0 fully saturated rings. The maximum Gasteiger partial charge on any atom is 0.0971 e. The van der Waals surface area contributed by atoms with E-state index in [1.807, 2.05) is 18.4 Å². The average Bonchev–Trinajstić information content (AvgIpc) is 2.63. The number of nitrogens with one attached hydrogen (secondary N) is 1. The summed E-state index contributed by atoms with van der Waals surface area (Å²) in [5.74, 6) is 0.593. The van der Waals surface area contributed by atoms with E-state index in [4.69, 9.17) is 0 Å². The highest BCUT2D eigenvalue weighted by molar-refractivity contribution is 7.09. The van der Waals surface area contributed by atoms with Crippen molar-refractivity contribution in [2.75, 3.05) is 13.6 Å². The van der Waals surface area contributed by atoms with Crippen molar-refractivity contribution >= 4 is 11.3 Å². The van der Waals surface area contributed by atoms with E-state index in [-0.39, 0.29) is 0 Å². The van der Waals surface area contributed by atoms with Crippen molar-refractivity contribution in [3.8, 4) is 0 Å². The normalized spacial score (nSPS) is 13.1.